The Morgan fingerprint density at radius 2 is 1.69 bits per heavy atom. The van der Waals surface area contributed by atoms with Crippen molar-refractivity contribution in [2.75, 3.05) is 28.2 Å². The number of carbonyl (C=O) groups is 2. The molecule has 1 rings (SSSR count). The minimum atomic E-state index is -1.13. The van der Waals surface area contributed by atoms with Gasteiger partial charge in [-0.25, -0.2) is 0 Å². The van der Waals surface area contributed by atoms with E-state index in [4.69, 9.17) is 4.74 Å². The minimum absolute atomic E-state index is 0.0393. The van der Waals surface area contributed by atoms with Crippen LogP contribution < -0.4 is 5.32 Å². The molecule has 0 heterocycles. The maximum atomic E-state index is 13.1. The molecule has 1 saturated carbocycles. The molecule has 1 aliphatic rings. The Hall–Kier alpha value is -1.18. The van der Waals surface area contributed by atoms with E-state index in [-0.39, 0.29) is 24.3 Å². The Kier molecular flexibility index (Phi) is 8.50. The second-order valence-corrected chi connectivity index (χ2v) is 8.43. The third-order valence-corrected chi connectivity index (χ3v) is 4.90. The smallest absolute Gasteiger partial charge is 0.245 e. The van der Waals surface area contributed by atoms with E-state index in [2.05, 4.69) is 5.32 Å². The number of hydrogen-bond donors (Lipinski definition) is 2. The Bertz CT molecular complexity index is 470. The third-order valence-electron chi connectivity index (χ3n) is 4.90. The summed E-state index contributed by atoms with van der Waals surface area (Å²) < 4.78 is 5.55. The van der Waals surface area contributed by atoms with E-state index in [1.54, 1.807) is 28.2 Å². The Morgan fingerprint density at radius 1 is 1.15 bits per heavy atom. The number of nitrogens with zero attached hydrogens (tertiary/aromatic N) is 2. The summed E-state index contributed by atoms with van der Waals surface area (Å²) in [7, 11) is 6.72. The van der Waals surface area contributed by atoms with E-state index in [0.29, 0.717) is 5.92 Å². The van der Waals surface area contributed by atoms with E-state index in [9.17, 15) is 14.7 Å². The van der Waals surface area contributed by atoms with E-state index in [1.807, 2.05) is 20.8 Å². The molecular weight excluding hydrogens is 334 g/mol. The second-order valence-electron chi connectivity index (χ2n) is 8.43. The van der Waals surface area contributed by atoms with Crippen LogP contribution >= 0.6 is 0 Å². The van der Waals surface area contributed by atoms with Crippen LogP contribution in [0, 0.1) is 5.92 Å². The molecule has 0 aromatic rings. The SMILES string of the molecule is CN[C@H](C(=O)N(C)[C@@H](C[C@@H](O)OC(C)(C)C)C(=O)N(C)C)C1CCCC1. The van der Waals surface area contributed by atoms with Crippen LogP contribution in [0.15, 0.2) is 0 Å². The molecule has 0 bridgehead atoms. The monoisotopic (exact) mass is 371 g/mol. The van der Waals surface area contributed by atoms with Crippen LogP contribution in [0.2, 0.25) is 0 Å². The van der Waals surface area contributed by atoms with Crippen molar-refractivity contribution in [3.8, 4) is 0 Å². The first-order valence-corrected chi connectivity index (χ1v) is 9.49. The number of likely N-dealkylation sites (N-methyl/N-ethyl adjacent to an activating group) is 3. The highest BCUT2D eigenvalue weighted by Crippen LogP contribution is 2.29. The zero-order chi connectivity index (χ0) is 20.1. The van der Waals surface area contributed by atoms with Gasteiger partial charge in [0.1, 0.15) is 6.04 Å². The van der Waals surface area contributed by atoms with Crippen LogP contribution in [0.3, 0.4) is 0 Å². The number of aliphatic hydroxyl groups excluding tert-OH is 1. The zero-order valence-corrected chi connectivity index (χ0v) is 17.4. The predicted octanol–water partition coefficient (Wildman–Crippen LogP) is 1.20. The minimum Gasteiger partial charge on any atom is -0.368 e. The summed E-state index contributed by atoms with van der Waals surface area (Å²) in [5.41, 5.74) is -0.537. The van der Waals surface area contributed by atoms with Crippen molar-refractivity contribution in [1.82, 2.24) is 15.1 Å². The first-order chi connectivity index (χ1) is 12.0. The van der Waals surface area contributed by atoms with Crippen LogP contribution in [0.1, 0.15) is 52.9 Å². The molecule has 7 nitrogen and oxygen atoms in total. The van der Waals surface area contributed by atoms with Crippen molar-refractivity contribution in [3.63, 3.8) is 0 Å². The largest absolute Gasteiger partial charge is 0.368 e. The standard InChI is InChI=1S/C19H37N3O4/c1-19(2,3)26-15(23)12-14(17(24)21(5)6)22(7)18(25)16(20-4)13-10-8-9-11-13/h13-16,20,23H,8-12H2,1-7H3/t14-,15-,16-/m0/s1. The fourth-order valence-electron chi connectivity index (χ4n) is 3.59. The molecule has 1 aliphatic carbocycles. The van der Waals surface area contributed by atoms with E-state index in [0.717, 1.165) is 25.7 Å². The van der Waals surface area contributed by atoms with Gasteiger partial charge in [0.25, 0.3) is 0 Å². The van der Waals surface area contributed by atoms with E-state index in [1.165, 1.54) is 9.80 Å². The van der Waals surface area contributed by atoms with Gasteiger partial charge in [-0.1, -0.05) is 12.8 Å². The summed E-state index contributed by atoms with van der Waals surface area (Å²) >= 11 is 0. The molecule has 0 spiro atoms. The van der Waals surface area contributed by atoms with Gasteiger partial charge in [0.2, 0.25) is 11.8 Å². The average Bonchev–Trinajstić information content (AvgIpc) is 3.04. The number of aliphatic hydroxyl groups is 1. The molecule has 0 saturated heterocycles. The van der Waals surface area contributed by atoms with Crippen molar-refractivity contribution >= 4 is 11.8 Å². The summed E-state index contributed by atoms with van der Waals surface area (Å²) in [6.45, 7) is 5.51. The first kappa shape index (κ1) is 22.9. The quantitative estimate of drug-likeness (QED) is 0.627. The zero-order valence-electron chi connectivity index (χ0n) is 17.4. The average molecular weight is 372 g/mol. The van der Waals surface area contributed by atoms with E-state index >= 15 is 0 Å². The lowest BCUT2D eigenvalue weighted by Crippen LogP contribution is -2.55. The Balaban J connectivity index is 2.93. The van der Waals surface area contributed by atoms with Crippen LogP contribution in [-0.4, -0.2) is 78.9 Å². The summed E-state index contributed by atoms with van der Waals surface area (Å²) in [6.07, 6.45) is 3.23. The normalized spacial score (nSPS) is 19.1. The molecule has 0 aromatic carbocycles. The molecule has 7 heteroatoms. The van der Waals surface area contributed by atoms with Gasteiger partial charge >= 0.3 is 0 Å². The molecule has 0 aliphatic heterocycles. The number of hydrogen-bond acceptors (Lipinski definition) is 5. The molecule has 2 amide bonds. The van der Waals surface area contributed by atoms with Crippen LogP contribution in [0.4, 0.5) is 0 Å². The van der Waals surface area contributed by atoms with Gasteiger partial charge in [-0.2, -0.15) is 0 Å². The molecule has 152 valence electrons. The van der Waals surface area contributed by atoms with Crippen LogP contribution in [0.5, 0.6) is 0 Å². The van der Waals surface area contributed by atoms with Gasteiger partial charge < -0.3 is 25.0 Å². The van der Waals surface area contributed by atoms with Gasteiger partial charge in [0.05, 0.1) is 11.6 Å². The lowest BCUT2D eigenvalue weighted by atomic mass is 9.96. The first-order valence-electron chi connectivity index (χ1n) is 9.49. The lowest BCUT2D eigenvalue weighted by molar-refractivity contribution is -0.179. The topological polar surface area (TPSA) is 82.1 Å². The molecule has 3 atom stereocenters. The highest BCUT2D eigenvalue weighted by atomic mass is 16.6. The summed E-state index contributed by atoms with van der Waals surface area (Å²) in [5.74, 6) is -0.0398. The highest BCUT2D eigenvalue weighted by molar-refractivity contribution is 5.89. The van der Waals surface area contributed by atoms with Crippen LogP contribution in [0.25, 0.3) is 0 Å². The summed E-state index contributed by atoms with van der Waals surface area (Å²) in [4.78, 5) is 28.6. The maximum Gasteiger partial charge on any atom is 0.245 e. The van der Waals surface area contributed by atoms with Gasteiger partial charge in [0.15, 0.2) is 6.29 Å². The van der Waals surface area contributed by atoms with Gasteiger partial charge in [-0.15, -0.1) is 0 Å². The Labute approximate surface area is 158 Å². The fraction of sp³-hybridized carbons (Fsp3) is 0.895. The van der Waals surface area contributed by atoms with Crippen molar-refractivity contribution in [3.05, 3.63) is 0 Å². The van der Waals surface area contributed by atoms with Crippen molar-refractivity contribution in [2.45, 2.75) is 76.9 Å². The molecule has 26 heavy (non-hydrogen) atoms. The molecular formula is C19H37N3O4. The number of carbonyl (C=O) groups excluding carboxylic acids is 2. The molecule has 0 aromatic heterocycles. The van der Waals surface area contributed by atoms with Gasteiger partial charge in [-0.05, 0) is 46.6 Å². The van der Waals surface area contributed by atoms with Crippen molar-refractivity contribution in [1.29, 1.82) is 0 Å². The lowest BCUT2D eigenvalue weighted by Gasteiger charge is -2.35. The number of amides is 2. The third kappa shape index (κ3) is 6.52. The van der Waals surface area contributed by atoms with Gasteiger partial charge in [-0.3, -0.25) is 9.59 Å². The second kappa shape index (κ2) is 9.67. The predicted molar refractivity (Wildman–Crippen MR) is 102 cm³/mol. The van der Waals surface area contributed by atoms with E-state index < -0.39 is 17.9 Å². The Morgan fingerprint density at radius 3 is 2.12 bits per heavy atom. The highest BCUT2D eigenvalue weighted by Gasteiger charge is 2.37. The summed E-state index contributed by atoms with van der Waals surface area (Å²) in [5, 5.41) is 13.4. The van der Waals surface area contributed by atoms with Crippen molar-refractivity contribution < 1.29 is 19.4 Å². The fourth-order valence-corrected chi connectivity index (χ4v) is 3.59. The molecule has 1 fully saturated rings. The molecule has 2 N–H and O–H groups in total. The molecule has 0 unspecified atom stereocenters. The van der Waals surface area contributed by atoms with Gasteiger partial charge in [0, 0.05) is 27.6 Å². The number of ether oxygens (including phenoxy) is 1. The van der Waals surface area contributed by atoms with Crippen LogP contribution in [-0.2, 0) is 14.3 Å². The maximum absolute atomic E-state index is 13.1. The molecule has 0 radical (unpaired) electrons. The van der Waals surface area contributed by atoms with Crippen molar-refractivity contribution in [2.24, 2.45) is 5.92 Å². The number of rotatable bonds is 8. The summed E-state index contributed by atoms with van der Waals surface area (Å²) in [6, 6.07) is -1.08. The number of nitrogens with one attached hydrogen (secondary N) is 1.